The lowest BCUT2D eigenvalue weighted by Gasteiger charge is -2.09. The normalized spacial score (nSPS) is 10.9. The highest BCUT2D eigenvalue weighted by Gasteiger charge is 2.11. The Morgan fingerprint density at radius 2 is 1.83 bits per heavy atom. The molecular weight excluding hydrogens is 306 g/mol. The van der Waals surface area contributed by atoms with Gasteiger partial charge in [-0.25, -0.2) is 9.97 Å². The maximum Gasteiger partial charge on any atom is 0.142 e. The fourth-order valence-electron chi connectivity index (χ4n) is 2.38. The molecule has 0 aliphatic carbocycles. The van der Waals surface area contributed by atoms with Crippen LogP contribution in [0.5, 0.6) is 5.75 Å². The number of ether oxygens (including phenoxy) is 1. The molecule has 1 aromatic carbocycles. The predicted molar refractivity (Wildman–Crippen MR) is 97.1 cm³/mol. The van der Waals surface area contributed by atoms with E-state index in [2.05, 4.69) is 35.2 Å². The number of nitrogens with one attached hydrogen (secondary N) is 1. The highest BCUT2D eigenvalue weighted by Crippen LogP contribution is 2.31. The molecule has 5 heteroatoms. The van der Waals surface area contributed by atoms with Gasteiger partial charge in [-0.3, -0.25) is 0 Å². The Kier molecular flexibility index (Phi) is 4.76. The van der Waals surface area contributed by atoms with Crippen molar-refractivity contribution in [2.45, 2.75) is 33.6 Å². The van der Waals surface area contributed by atoms with Crippen molar-refractivity contribution in [3.8, 4) is 5.75 Å². The van der Waals surface area contributed by atoms with Crippen LogP contribution in [0.2, 0.25) is 0 Å². The van der Waals surface area contributed by atoms with Gasteiger partial charge in [-0.15, -0.1) is 11.3 Å². The van der Waals surface area contributed by atoms with Crippen LogP contribution in [0, 0.1) is 0 Å². The van der Waals surface area contributed by atoms with E-state index in [-0.39, 0.29) is 0 Å². The summed E-state index contributed by atoms with van der Waals surface area (Å²) in [6.07, 6.45) is 1.85. The van der Waals surface area contributed by atoms with E-state index in [0.29, 0.717) is 6.61 Å². The molecule has 2 heterocycles. The average Bonchev–Trinajstić information content (AvgIpc) is 3.00. The van der Waals surface area contributed by atoms with Gasteiger partial charge >= 0.3 is 0 Å². The molecule has 0 amide bonds. The lowest BCUT2D eigenvalue weighted by molar-refractivity contribution is 0.340. The molecule has 120 valence electrons. The topological polar surface area (TPSA) is 47.0 Å². The minimum absolute atomic E-state index is 0.674. The highest BCUT2D eigenvalue weighted by atomic mass is 32.1. The minimum atomic E-state index is 0.674. The fourth-order valence-corrected chi connectivity index (χ4v) is 3.37. The molecule has 23 heavy (non-hydrogen) atoms. The molecule has 0 aliphatic rings. The van der Waals surface area contributed by atoms with E-state index in [1.807, 2.05) is 31.2 Å². The van der Waals surface area contributed by atoms with Crippen molar-refractivity contribution in [2.75, 3.05) is 11.9 Å². The van der Waals surface area contributed by atoms with Gasteiger partial charge in [-0.05, 0) is 43.7 Å². The number of fused-ring (bicyclic) bond motifs is 1. The monoisotopic (exact) mass is 327 g/mol. The third-order valence-electron chi connectivity index (χ3n) is 3.58. The first kappa shape index (κ1) is 15.7. The number of hydrogen-bond donors (Lipinski definition) is 1. The summed E-state index contributed by atoms with van der Waals surface area (Å²) in [5.74, 6) is 2.63. The van der Waals surface area contributed by atoms with Crippen molar-refractivity contribution in [2.24, 2.45) is 0 Å². The van der Waals surface area contributed by atoms with E-state index >= 15 is 0 Å². The van der Waals surface area contributed by atoms with E-state index in [0.717, 1.165) is 46.1 Å². The van der Waals surface area contributed by atoms with Crippen molar-refractivity contribution in [1.82, 2.24) is 9.97 Å². The summed E-state index contributed by atoms with van der Waals surface area (Å²) in [4.78, 5) is 11.7. The van der Waals surface area contributed by atoms with E-state index in [1.54, 1.807) is 11.3 Å². The molecule has 0 radical (unpaired) electrons. The SMILES string of the molecule is CCOc1ccc(Nc2nc(CC)nc3sc(CC)cc23)cc1. The quantitative estimate of drug-likeness (QED) is 0.695. The molecule has 2 aromatic heterocycles. The molecule has 0 aliphatic heterocycles. The average molecular weight is 327 g/mol. The first-order chi connectivity index (χ1) is 11.2. The summed E-state index contributed by atoms with van der Waals surface area (Å²) in [7, 11) is 0. The van der Waals surface area contributed by atoms with Crippen LogP contribution >= 0.6 is 11.3 Å². The molecule has 0 saturated heterocycles. The predicted octanol–water partition coefficient (Wildman–Crippen LogP) is 4.96. The number of benzene rings is 1. The molecule has 0 spiro atoms. The van der Waals surface area contributed by atoms with Gasteiger partial charge in [-0.2, -0.15) is 0 Å². The third-order valence-corrected chi connectivity index (χ3v) is 4.76. The molecule has 0 bridgehead atoms. The van der Waals surface area contributed by atoms with Crippen molar-refractivity contribution in [3.05, 3.63) is 41.0 Å². The largest absolute Gasteiger partial charge is 0.494 e. The summed E-state index contributed by atoms with van der Waals surface area (Å²) >= 11 is 1.75. The molecule has 4 nitrogen and oxygen atoms in total. The van der Waals surface area contributed by atoms with Crippen LogP contribution < -0.4 is 10.1 Å². The lowest BCUT2D eigenvalue weighted by Crippen LogP contribution is -2.00. The van der Waals surface area contributed by atoms with E-state index in [4.69, 9.17) is 4.74 Å². The second-order valence-electron chi connectivity index (χ2n) is 5.21. The van der Waals surface area contributed by atoms with Crippen molar-refractivity contribution in [3.63, 3.8) is 0 Å². The maximum absolute atomic E-state index is 5.48. The van der Waals surface area contributed by atoms with Crippen LogP contribution in [0.25, 0.3) is 10.2 Å². The Morgan fingerprint density at radius 3 is 2.48 bits per heavy atom. The number of hydrogen-bond acceptors (Lipinski definition) is 5. The zero-order valence-electron chi connectivity index (χ0n) is 13.7. The van der Waals surface area contributed by atoms with Crippen molar-refractivity contribution in [1.29, 1.82) is 0 Å². The maximum atomic E-state index is 5.48. The number of nitrogens with zero attached hydrogens (tertiary/aromatic N) is 2. The van der Waals surface area contributed by atoms with Crippen LogP contribution in [-0.2, 0) is 12.8 Å². The standard InChI is InChI=1S/C18H21N3OS/c1-4-14-11-15-17(20-16(5-2)21-18(15)23-14)19-12-7-9-13(10-8-12)22-6-3/h7-11H,4-6H2,1-3H3,(H,19,20,21). The Balaban J connectivity index is 1.95. The molecule has 0 fully saturated rings. The number of aromatic nitrogens is 2. The van der Waals surface area contributed by atoms with Crippen molar-refractivity contribution >= 4 is 33.1 Å². The minimum Gasteiger partial charge on any atom is -0.494 e. The van der Waals surface area contributed by atoms with Gasteiger partial charge in [0.15, 0.2) is 0 Å². The van der Waals surface area contributed by atoms with Gasteiger partial charge < -0.3 is 10.1 Å². The highest BCUT2D eigenvalue weighted by molar-refractivity contribution is 7.18. The van der Waals surface area contributed by atoms with Gasteiger partial charge in [0.2, 0.25) is 0 Å². The Hall–Kier alpha value is -2.14. The molecule has 3 aromatic rings. The van der Waals surface area contributed by atoms with Crippen LogP contribution in [0.15, 0.2) is 30.3 Å². The summed E-state index contributed by atoms with van der Waals surface area (Å²) in [5, 5.41) is 4.52. The Labute approximate surface area is 140 Å². The molecule has 0 saturated carbocycles. The first-order valence-electron chi connectivity index (χ1n) is 8.02. The first-order valence-corrected chi connectivity index (χ1v) is 8.84. The molecule has 1 N–H and O–H groups in total. The number of rotatable bonds is 6. The second-order valence-corrected chi connectivity index (χ2v) is 6.32. The van der Waals surface area contributed by atoms with Gasteiger partial charge in [0.1, 0.15) is 22.2 Å². The van der Waals surface area contributed by atoms with E-state index < -0.39 is 0 Å². The third kappa shape index (κ3) is 3.45. The smallest absolute Gasteiger partial charge is 0.142 e. The Bertz CT molecular complexity index is 796. The molecule has 0 unspecified atom stereocenters. The summed E-state index contributed by atoms with van der Waals surface area (Å²) in [5.41, 5.74) is 1.000. The zero-order valence-corrected chi connectivity index (χ0v) is 14.5. The molecule has 3 rings (SSSR count). The second kappa shape index (κ2) is 6.96. The van der Waals surface area contributed by atoms with Crippen LogP contribution in [0.4, 0.5) is 11.5 Å². The van der Waals surface area contributed by atoms with Crippen LogP contribution in [-0.4, -0.2) is 16.6 Å². The van der Waals surface area contributed by atoms with Crippen molar-refractivity contribution < 1.29 is 4.74 Å². The molecular formula is C18H21N3OS. The number of anilines is 2. The van der Waals surface area contributed by atoms with Crippen LogP contribution in [0.3, 0.4) is 0 Å². The number of aryl methyl sites for hydroxylation is 2. The van der Waals surface area contributed by atoms with Gasteiger partial charge in [0.25, 0.3) is 0 Å². The summed E-state index contributed by atoms with van der Waals surface area (Å²) in [6, 6.07) is 10.2. The summed E-state index contributed by atoms with van der Waals surface area (Å²) in [6.45, 7) is 6.90. The van der Waals surface area contributed by atoms with Gasteiger partial charge in [0.05, 0.1) is 12.0 Å². The van der Waals surface area contributed by atoms with E-state index in [1.165, 1.54) is 4.88 Å². The Morgan fingerprint density at radius 1 is 1.04 bits per heavy atom. The number of thiophene rings is 1. The van der Waals surface area contributed by atoms with Gasteiger partial charge in [-0.1, -0.05) is 13.8 Å². The van der Waals surface area contributed by atoms with E-state index in [9.17, 15) is 0 Å². The van der Waals surface area contributed by atoms with Gasteiger partial charge in [0, 0.05) is 17.0 Å². The molecule has 0 atom stereocenters. The van der Waals surface area contributed by atoms with Crippen LogP contribution in [0.1, 0.15) is 31.5 Å². The fraction of sp³-hybridized carbons (Fsp3) is 0.333. The zero-order chi connectivity index (χ0) is 16.2. The lowest BCUT2D eigenvalue weighted by atomic mass is 10.2. The summed E-state index contributed by atoms with van der Waals surface area (Å²) < 4.78 is 5.48.